The number of sulfone groups is 1. The first kappa shape index (κ1) is 21.3. The number of rotatable bonds is 6. The van der Waals surface area contributed by atoms with Gasteiger partial charge in [0.05, 0.1) is 18.1 Å². The van der Waals surface area contributed by atoms with Crippen LogP contribution in [0.1, 0.15) is 65.8 Å². The number of amides is 1. The zero-order chi connectivity index (χ0) is 22.6. The van der Waals surface area contributed by atoms with Crippen molar-refractivity contribution in [2.75, 3.05) is 11.5 Å². The molecule has 6 nitrogen and oxygen atoms in total. The van der Waals surface area contributed by atoms with E-state index in [9.17, 15) is 13.2 Å². The second-order valence-electron chi connectivity index (χ2n) is 9.35. The van der Waals surface area contributed by atoms with Crippen molar-refractivity contribution in [3.8, 4) is 0 Å². The first-order valence-corrected chi connectivity index (χ1v) is 13.2. The molecule has 0 N–H and O–H groups in total. The Bertz CT molecular complexity index is 1280. The number of aryl methyl sites for hydroxylation is 2. The Morgan fingerprint density at radius 3 is 2.62 bits per heavy atom. The average Bonchev–Trinajstić information content (AvgIpc) is 3.09. The third kappa shape index (κ3) is 3.87. The predicted octanol–water partition coefficient (Wildman–Crippen LogP) is 4.85. The summed E-state index contributed by atoms with van der Waals surface area (Å²) in [6.45, 7) is 6.41. The Balaban J connectivity index is 1.48. The third-order valence-corrected chi connectivity index (χ3v) is 8.75. The van der Waals surface area contributed by atoms with Crippen LogP contribution >= 0.6 is 0 Å². The standard InChI is InChI=1S/C25H29NO5S/c1-4-17-5-7-23-21(12-17)16(3)24(31-23)25(27)26(18-9-10-32(28,29)14-18)13-19-6-8-22(30-19)20-11-15(20)2/h5-8,12,15,18,20H,4,9-11,13-14H2,1-3H3. The van der Waals surface area contributed by atoms with Crippen molar-refractivity contribution >= 4 is 26.7 Å². The Hall–Kier alpha value is -2.54. The lowest BCUT2D eigenvalue weighted by Crippen LogP contribution is -2.40. The van der Waals surface area contributed by atoms with E-state index in [-0.39, 0.29) is 35.8 Å². The minimum atomic E-state index is -3.15. The second-order valence-corrected chi connectivity index (χ2v) is 11.6. The highest BCUT2D eigenvalue weighted by Gasteiger charge is 2.39. The highest BCUT2D eigenvalue weighted by Crippen LogP contribution is 2.47. The van der Waals surface area contributed by atoms with Gasteiger partial charge in [-0.1, -0.05) is 19.9 Å². The van der Waals surface area contributed by atoms with E-state index in [0.717, 1.165) is 29.6 Å². The van der Waals surface area contributed by atoms with Crippen molar-refractivity contribution in [2.45, 2.75) is 58.5 Å². The minimum Gasteiger partial charge on any atom is -0.464 e. The summed E-state index contributed by atoms with van der Waals surface area (Å²) in [6.07, 6.45) is 2.45. The van der Waals surface area contributed by atoms with Crippen LogP contribution in [-0.4, -0.2) is 36.8 Å². The van der Waals surface area contributed by atoms with Gasteiger partial charge in [0, 0.05) is 22.9 Å². The van der Waals surface area contributed by atoms with Crippen LogP contribution < -0.4 is 0 Å². The van der Waals surface area contributed by atoms with E-state index >= 15 is 0 Å². The Morgan fingerprint density at radius 1 is 1.19 bits per heavy atom. The molecule has 2 fully saturated rings. The maximum Gasteiger partial charge on any atom is 0.290 e. The van der Waals surface area contributed by atoms with Crippen molar-refractivity contribution < 1.29 is 22.0 Å². The summed E-state index contributed by atoms with van der Waals surface area (Å²) in [5.74, 6) is 2.78. The van der Waals surface area contributed by atoms with Gasteiger partial charge in [0.1, 0.15) is 17.1 Å². The topological polar surface area (TPSA) is 80.7 Å². The molecule has 3 aromatic rings. The predicted molar refractivity (Wildman–Crippen MR) is 122 cm³/mol. The zero-order valence-corrected chi connectivity index (χ0v) is 19.6. The maximum absolute atomic E-state index is 13.7. The third-order valence-electron chi connectivity index (χ3n) is 7.00. The van der Waals surface area contributed by atoms with Gasteiger partial charge >= 0.3 is 0 Å². The molecular formula is C25H29NO5S. The first-order chi connectivity index (χ1) is 15.3. The molecule has 1 aliphatic heterocycles. The number of furan rings is 2. The highest BCUT2D eigenvalue weighted by molar-refractivity contribution is 7.91. The van der Waals surface area contributed by atoms with Crippen LogP contribution in [0.2, 0.25) is 0 Å². The van der Waals surface area contributed by atoms with Crippen LogP contribution in [0.25, 0.3) is 11.0 Å². The van der Waals surface area contributed by atoms with Gasteiger partial charge in [-0.25, -0.2) is 8.42 Å². The molecule has 1 aliphatic carbocycles. The molecule has 0 spiro atoms. The largest absolute Gasteiger partial charge is 0.464 e. The van der Waals surface area contributed by atoms with Gasteiger partial charge in [0.25, 0.3) is 5.91 Å². The van der Waals surface area contributed by atoms with Gasteiger partial charge in [-0.15, -0.1) is 0 Å². The van der Waals surface area contributed by atoms with Crippen molar-refractivity contribution in [2.24, 2.45) is 5.92 Å². The van der Waals surface area contributed by atoms with Gasteiger partial charge in [0.2, 0.25) is 0 Å². The summed E-state index contributed by atoms with van der Waals surface area (Å²) in [5.41, 5.74) is 2.64. The molecule has 7 heteroatoms. The summed E-state index contributed by atoms with van der Waals surface area (Å²) in [4.78, 5) is 15.3. The molecule has 32 heavy (non-hydrogen) atoms. The van der Waals surface area contributed by atoms with Crippen molar-refractivity contribution in [1.82, 2.24) is 4.90 Å². The Morgan fingerprint density at radius 2 is 1.97 bits per heavy atom. The smallest absolute Gasteiger partial charge is 0.290 e. The number of hydrogen-bond donors (Lipinski definition) is 0. The van der Waals surface area contributed by atoms with Crippen LogP contribution in [0.3, 0.4) is 0 Å². The van der Waals surface area contributed by atoms with E-state index in [1.54, 1.807) is 4.90 Å². The van der Waals surface area contributed by atoms with E-state index in [1.165, 1.54) is 5.56 Å². The van der Waals surface area contributed by atoms with Gasteiger partial charge in [-0.2, -0.15) is 0 Å². The van der Waals surface area contributed by atoms with Crippen molar-refractivity contribution in [1.29, 1.82) is 0 Å². The second kappa shape index (κ2) is 7.80. The van der Waals surface area contributed by atoms with Gasteiger partial charge in [-0.3, -0.25) is 4.79 Å². The molecule has 170 valence electrons. The van der Waals surface area contributed by atoms with Gasteiger partial charge in [-0.05, 0) is 61.9 Å². The molecule has 3 unspecified atom stereocenters. The minimum absolute atomic E-state index is 0.0226. The van der Waals surface area contributed by atoms with Crippen LogP contribution in [-0.2, 0) is 22.8 Å². The van der Waals surface area contributed by atoms with Crippen LogP contribution in [0, 0.1) is 12.8 Å². The molecule has 5 rings (SSSR count). The molecule has 2 aromatic heterocycles. The molecule has 0 bridgehead atoms. The summed E-state index contributed by atoms with van der Waals surface area (Å²) in [5, 5.41) is 0.926. The van der Waals surface area contributed by atoms with Crippen LogP contribution in [0.15, 0.2) is 39.2 Å². The van der Waals surface area contributed by atoms with Crippen LogP contribution in [0.5, 0.6) is 0 Å². The fourth-order valence-corrected chi connectivity index (χ4v) is 6.51. The monoisotopic (exact) mass is 455 g/mol. The van der Waals surface area contributed by atoms with Crippen LogP contribution in [0.4, 0.5) is 0 Å². The lowest BCUT2D eigenvalue weighted by Gasteiger charge is -2.26. The molecule has 0 radical (unpaired) electrons. The van der Waals surface area contributed by atoms with Gasteiger partial charge in [0.15, 0.2) is 15.6 Å². The molecule has 1 saturated carbocycles. The molecule has 1 aromatic carbocycles. The molecular weight excluding hydrogens is 426 g/mol. The van der Waals surface area contributed by atoms with E-state index in [2.05, 4.69) is 19.9 Å². The number of benzene rings is 1. The maximum atomic E-state index is 13.7. The molecule has 1 amide bonds. The van der Waals surface area contributed by atoms with Crippen molar-refractivity contribution in [3.05, 3.63) is 58.7 Å². The number of nitrogens with zero attached hydrogens (tertiary/aromatic N) is 1. The molecule has 1 saturated heterocycles. The lowest BCUT2D eigenvalue weighted by atomic mass is 10.1. The van der Waals surface area contributed by atoms with Crippen molar-refractivity contribution in [3.63, 3.8) is 0 Å². The quantitative estimate of drug-likeness (QED) is 0.531. The SMILES string of the molecule is CCc1ccc2oc(C(=O)N(Cc3ccc(C4CC4C)o3)C3CCS(=O)(=O)C3)c(C)c2c1. The normalized spacial score (nSPS) is 24.2. The number of hydrogen-bond acceptors (Lipinski definition) is 5. The molecule has 3 heterocycles. The average molecular weight is 456 g/mol. The fraction of sp³-hybridized carbons (Fsp3) is 0.480. The van der Waals surface area contributed by atoms with E-state index in [0.29, 0.717) is 29.6 Å². The molecule has 2 aliphatic rings. The summed E-state index contributed by atoms with van der Waals surface area (Å²) in [7, 11) is -3.15. The Kier molecular flexibility index (Phi) is 5.19. The highest BCUT2D eigenvalue weighted by atomic mass is 32.2. The van der Waals surface area contributed by atoms with Gasteiger partial charge < -0.3 is 13.7 Å². The summed E-state index contributed by atoms with van der Waals surface area (Å²) in [6, 6.07) is 9.46. The van der Waals surface area contributed by atoms with E-state index in [4.69, 9.17) is 8.83 Å². The Labute approximate surface area is 188 Å². The fourth-order valence-electron chi connectivity index (χ4n) is 4.78. The summed E-state index contributed by atoms with van der Waals surface area (Å²) < 4.78 is 36.4. The summed E-state index contributed by atoms with van der Waals surface area (Å²) >= 11 is 0. The lowest BCUT2D eigenvalue weighted by molar-refractivity contribution is 0.0634. The first-order valence-electron chi connectivity index (χ1n) is 11.4. The number of fused-ring (bicyclic) bond motifs is 1. The number of carbonyl (C=O) groups is 1. The van der Waals surface area contributed by atoms with E-state index < -0.39 is 9.84 Å². The number of carbonyl (C=O) groups excluding carboxylic acids is 1. The van der Waals surface area contributed by atoms with E-state index in [1.807, 2.05) is 31.2 Å². The zero-order valence-electron chi connectivity index (χ0n) is 18.8. The molecule has 3 atom stereocenters.